The van der Waals surface area contributed by atoms with Crippen molar-refractivity contribution in [3.63, 3.8) is 0 Å². The summed E-state index contributed by atoms with van der Waals surface area (Å²) in [6.45, 7) is 0.506. The third-order valence-electron chi connectivity index (χ3n) is 4.95. The number of nitrogens with zero attached hydrogens (tertiary/aromatic N) is 1. The fourth-order valence-electron chi connectivity index (χ4n) is 3.05. The van der Waals surface area contributed by atoms with Crippen LogP contribution in [0, 0.1) is 0 Å². The lowest BCUT2D eigenvalue weighted by Crippen LogP contribution is -2.36. The lowest BCUT2D eigenvalue weighted by molar-refractivity contribution is -0.134. The van der Waals surface area contributed by atoms with Crippen molar-refractivity contribution < 1.29 is 14.3 Å². The highest BCUT2D eigenvalue weighted by molar-refractivity contribution is 6.30. The monoisotopic (exact) mass is 398 g/mol. The van der Waals surface area contributed by atoms with Crippen LogP contribution in [0.2, 0.25) is 5.02 Å². The zero-order chi connectivity index (χ0) is 19.5. The number of rotatable bonds is 8. The van der Waals surface area contributed by atoms with Crippen molar-refractivity contribution in [1.29, 1.82) is 0 Å². The molecule has 5 nitrogen and oxygen atoms in total. The van der Waals surface area contributed by atoms with Crippen molar-refractivity contribution >= 4 is 23.4 Å². The topological polar surface area (TPSA) is 58.6 Å². The Hall–Kier alpha value is -2.53. The Morgan fingerprint density at radius 3 is 2.46 bits per heavy atom. The summed E-state index contributed by atoms with van der Waals surface area (Å²) in [6.07, 6.45) is 4.18. The molecule has 2 aliphatic rings. The molecule has 4 rings (SSSR count). The Morgan fingerprint density at radius 2 is 1.82 bits per heavy atom. The molecule has 0 heterocycles. The standard InChI is InChI=1S/C22H23ClN2O3/c23-17-2-1-3-20(12-17)28-14-21(26)25(19-10-11-19)13-15-4-6-16(7-5-15)22(27)24-18-8-9-18/h1-7,12,18-19H,8-11,13-14H2,(H,24,27). The van der Waals surface area contributed by atoms with Gasteiger partial charge in [-0.15, -0.1) is 0 Å². The normalized spacial score (nSPS) is 15.8. The van der Waals surface area contributed by atoms with Gasteiger partial charge >= 0.3 is 0 Å². The molecule has 0 bridgehead atoms. The Morgan fingerprint density at radius 1 is 1.07 bits per heavy atom. The summed E-state index contributed by atoms with van der Waals surface area (Å²) in [5.74, 6) is 0.514. The van der Waals surface area contributed by atoms with Gasteiger partial charge in [-0.25, -0.2) is 0 Å². The van der Waals surface area contributed by atoms with Crippen molar-refractivity contribution in [2.45, 2.75) is 44.3 Å². The van der Waals surface area contributed by atoms with Crippen LogP contribution in [-0.2, 0) is 11.3 Å². The number of nitrogens with one attached hydrogen (secondary N) is 1. The predicted molar refractivity (Wildman–Crippen MR) is 107 cm³/mol. The molecule has 2 amide bonds. The minimum atomic E-state index is -0.0435. The molecule has 2 fully saturated rings. The van der Waals surface area contributed by atoms with Crippen molar-refractivity contribution in [3.8, 4) is 5.75 Å². The van der Waals surface area contributed by atoms with Crippen molar-refractivity contribution in [2.24, 2.45) is 0 Å². The van der Waals surface area contributed by atoms with Gasteiger partial charge in [0.15, 0.2) is 6.61 Å². The maximum atomic E-state index is 12.7. The maximum Gasteiger partial charge on any atom is 0.261 e. The van der Waals surface area contributed by atoms with Gasteiger partial charge in [-0.1, -0.05) is 29.8 Å². The minimum Gasteiger partial charge on any atom is -0.484 e. The van der Waals surface area contributed by atoms with E-state index in [2.05, 4.69) is 5.32 Å². The van der Waals surface area contributed by atoms with E-state index in [-0.39, 0.29) is 24.5 Å². The first-order valence-electron chi connectivity index (χ1n) is 9.66. The molecule has 0 saturated heterocycles. The summed E-state index contributed by atoms with van der Waals surface area (Å²) in [4.78, 5) is 26.7. The zero-order valence-electron chi connectivity index (χ0n) is 15.6. The van der Waals surface area contributed by atoms with E-state index in [1.165, 1.54) is 0 Å². The van der Waals surface area contributed by atoms with Crippen molar-refractivity contribution in [3.05, 3.63) is 64.7 Å². The van der Waals surface area contributed by atoms with E-state index in [9.17, 15) is 9.59 Å². The number of carbonyl (C=O) groups excluding carboxylic acids is 2. The fourth-order valence-corrected chi connectivity index (χ4v) is 3.23. The Bertz CT molecular complexity index is 860. The molecule has 146 valence electrons. The van der Waals surface area contributed by atoms with Gasteiger partial charge in [0.1, 0.15) is 5.75 Å². The third-order valence-corrected chi connectivity index (χ3v) is 5.18. The molecular weight excluding hydrogens is 376 g/mol. The lowest BCUT2D eigenvalue weighted by atomic mass is 10.1. The summed E-state index contributed by atoms with van der Waals surface area (Å²) in [6, 6.07) is 15.1. The molecule has 2 saturated carbocycles. The van der Waals surface area contributed by atoms with Crippen LogP contribution >= 0.6 is 11.6 Å². The number of carbonyl (C=O) groups is 2. The molecule has 0 radical (unpaired) electrons. The van der Waals surface area contributed by atoms with E-state index < -0.39 is 0 Å². The summed E-state index contributed by atoms with van der Waals surface area (Å²) in [7, 11) is 0. The number of hydrogen-bond donors (Lipinski definition) is 1. The van der Waals surface area contributed by atoms with E-state index in [1.807, 2.05) is 29.2 Å². The van der Waals surface area contributed by atoms with E-state index in [0.29, 0.717) is 28.9 Å². The zero-order valence-corrected chi connectivity index (χ0v) is 16.3. The molecule has 2 aromatic rings. The number of hydrogen-bond acceptors (Lipinski definition) is 3. The number of benzene rings is 2. The van der Waals surface area contributed by atoms with Gasteiger partial charge in [-0.2, -0.15) is 0 Å². The fraction of sp³-hybridized carbons (Fsp3) is 0.364. The smallest absolute Gasteiger partial charge is 0.261 e. The van der Waals surface area contributed by atoms with Gasteiger partial charge in [-0.05, 0) is 61.6 Å². The van der Waals surface area contributed by atoms with Crippen LogP contribution in [0.5, 0.6) is 5.75 Å². The molecule has 28 heavy (non-hydrogen) atoms. The maximum absolute atomic E-state index is 12.7. The quantitative estimate of drug-likeness (QED) is 0.735. The largest absolute Gasteiger partial charge is 0.484 e. The van der Waals surface area contributed by atoms with Crippen molar-refractivity contribution in [1.82, 2.24) is 10.2 Å². The molecule has 2 aromatic carbocycles. The van der Waals surface area contributed by atoms with Gasteiger partial charge in [0, 0.05) is 29.2 Å². The van der Waals surface area contributed by atoms with E-state index in [4.69, 9.17) is 16.3 Å². The van der Waals surface area contributed by atoms with Crippen LogP contribution in [0.4, 0.5) is 0 Å². The van der Waals surface area contributed by atoms with Gasteiger partial charge in [-0.3, -0.25) is 9.59 Å². The Balaban J connectivity index is 1.35. The van der Waals surface area contributed by atoms with E-state index in [0.717, 1.165) is 31.2 Å². The highest BCUT2D eigenvalue weighted by atomic mass is 35.5. The average molecular weight is 399 g/mol. The number of ether oxygens (including phenoxy) is 1. The molecule has 0 aliphatic heterocycles. The average Bonchev–Trinajstić information content (AvgIpc) is 3.59. The third kappa shape index (κ3) is 5.04. The van der Waals surface area contributed by atoms with Crippen LogP contribution in [0.25, 0.3) is 0 Å². The first kappa shape index (κ1) is 18.8. The molecule has 0 aromatic heterocycles. The molecule has 1 N–H and O–H groups in total. The van der Waals surface area contributed by atoms with E-state index in [1.54, 1.807) is 24.3 Å². The highest BCUT2D eigenvalue weighted by Crippen LogP contribution is 2.29. The molecule has 0 spiro atoms. The summed E-state index contributed by atoms with van der Waals surface area (Å²) < 4.78 is 5.61. The van der Waals surface area contributed by atoms with E-state index >= 15 is 0 Å². The van der Waals surface area contributed by atoms with Gasteiger partial charge in [0.2, 0.25) is 0 Å². The van der Waals surface area contributed by atoms with Crippen LogP contribution in [0.1, 0.15) is 41.6 Å². The number of halogens is 1. The summed E-state index contributed by atoms with van der Waals surface area (Å²) in [5.41, 5.74) is 1.66. The second kappa shape index (κ2) is 8.23. The van der Waals surface area contributed by atoms with Crippen LogP contribution in [-0.4, -0.2) is 35.4 Å². The Kier molecular flexibility index (Phi) is 5.53. The minimum absolute atomic E-state index is 0.0152. The van der Waals surface area contributed by atoms with Gasteiger partial charge < -0.3 is 15.0 Å². The van der Waals surface area contributed by atoms with Crippen LogP contribution in [0.15, 0.2) is 48.5 Å². The summed E-state index contributed by atoms with van der Waals surface area (Å²) in [5, 5.41) is 3.56. The van der Waals surface area contributed by atoms with Crippen LogP contribution in [0.3, 0.4) is 0 Å². The van der Waals surface area contributed by atoms with Crippen molar-refractivity contribution in [2.75, 3.05) is 6.61 Å². The second-order valence-corrected chi connectivity index (χ2v) is 7.88. The lowest BCUT2D eigenvalue weighted by Gasteiger charge is -2.23. The molecule has 6 heteroatoms. The predicted octanol–water partition coefficient (Wildman–Crippen LogP) is 3.80. The van der Waals surface area contributed by atoms with Gasteiger partial charge in [0.25, 0.3) is 11.8 Å². The Labute approximate surface area is 169 Å². The second-order valence-electron chi connectivity index (χ2n) is 7.44. The highest BCUT2D eigenvalue weighted by Gasteiger charge is 2.32. The number of amides is 2. The van der Waals surface area contributed by atoms with Gasteiger partial charge in [0.05, 0.1) is 0 Å². The molecule has 0 unspecified atom stereocenters. The molecule has 0 atom stereocenters. The first-order valence-corrected chi connectivity index (χ1v) is 10.0. The summed E-state index contributed by atoms with van der Waals surface area (Å²) >= 11 is 5.95. The molecule has 2 aliphatic carbocycles. The SMILES string of the molecule is O=C(NC1CC1)c1ccc(CN(C(=O)COc2cccc(Cl)c2)C2CC2)cc1. The van der Waals surface area contributed by atoms with Crippen LogP contribution < -0.4 is 10.1 Å². The first-order chi connectivity index (χ1) is 13.6. The molecular formula is C22H23ClN2O3.